The van der Waals surface area contributed by atoms with Gasteiger partial charge in [-0.15, -0.1) is 0 Å². The van der Waals surface area contributed by atoms with E-state index in [1.165, 1.54) is 12.8 Å². The van der Waals surface area contributed by atoms with Crippen molar-refractivity contribution in [3.63, 3.8) is 0 Å². The van der Waals surface area contributed by atoms with Gasteiger partial charge in [0.05, 0.1) is 5.69 Å². The number of benzene rings is 1. The third kappa shape index (κ3) is 2.78. The lowest BCUT2D eigenvalue weighted by atomic mass is 10.1. The lowest BCUT2D eigenvalue weighted by Gasteiger charge is -2.23. The second-order valence-electron chi connectivity index (χ2n) is 4.76. The molecule has 0 aromatic heterocycles. The molecule has 0 saturated heterocycles. The zero-order chi connectivity index (χ0) is 12.4. The van der Waals surface area contributed by atoms with Crippen LogP contribution in [0.2, 0.25) is 0 Å². The number of anilines is 1. The molecule has 1 amide bonds. The first-order valence-corrected chi connectivity index (χ1v) is 6.21. The molecule has 17 heavy (non-hydrogen) atoms. The van der Waals surface area contributed by atoms with Gasteiger partial charge >= 0.3 is 0 Å². The van der Waals surface area contributed by atoms with Crippen LogP contribution in [0.4, 0.5) is 5.69 Å². The Labute approximate surface area is 102 Å². The fraction of sp³-hybridized carbons (Fsp3) is 0.500. The Bertz CT molecular complexity index is 424. The number of amides is 1. The van der Waals surface area contributed by atoms with Crippen LogP contribution in [0.3, 0.4) is 0 Å². The van der Waals surface area contributed by atoms with Gasteiger partial charge in [0.1, 0.15) is 5.75 Å². The van der Waals surface area contributed by atoms with Gasteiger partial charge in [-0.3, -0.25) is 4.79 Å². The zero-order valence-electron chi connectivity index (χ0n) is 10.4. The SMILES string of the molecule is CCN(C(=O)CC1CC1)c1cc(O)ccc1C. The lowest BCUT2D eigenvalue weighted by molar-refractivity contribution is -0.118. The summed E-state index contributed by atoms with van der Waals surface area (Å²) in [4.78, 5) is 13.9. The Kier molecular flexibility index (Phi) is 3.36. The molecule has 1 N–H and O–H groups in total. The van der Waals surface area contributed by atoms with Crippen molar-refractivity contribution in [2.75, 3.05) is 11.4 Å². The van der Waals surface area contributed by atoms with Crippen molar-refractivity contribution in [3.8, 4) is 5.75 Å². The molecule has 0 unspecified atom stereocenters. The van der Waals surface area contributed by atoms with Crippen LogP contribution in [0.15, 0.2) is 18.2 Å². The first-order valence-electron chi connectivity index (χ1n) is 6.21. The summed E-state index contributed by atoms with van der Waals surface area (Å²) >= 11 is 0. The summed E-state index contributed by atoms with van der Waals surface area (Å²) < 4.78 is 0. The molecule has 3 heteroatoms. The van der Waals surface area contributed by atoms with E-state index in [1.54, 1.807) is 17.0 Å². The van der Waals surface area contributed by atoms with Crippen LogP contribution in [0.5, 0.6) is 5.75 Å². The topological polar surface area (TPSA) is 40.5 Å². The van der Waals surface area contributed by atoms with Gasteiger partial charge in [0.25, 0.3) is 0 Å². The van der Waals surface area contributed by atoms with E-state index >= 15 is 0 Å². The fourth-order valence-electron chi connectivity index (χ4n) is 2.05. The Balaban J connectivity index is 2.20. The molecule has 92 valence electrons. The van der Waals surface area contributed by atoms with E-state index in [0.29, 0.717) is 18.9 Å². The van der Waals surface area contributed by atoms with Gasteiger partial charge in [0.2, 0.25) is 5.91 Å². The average Bonchev–Trinajstić information content (AvgIpc) is 3.08. The van der Waals surface area contributed by atoms with Gasteiger partial charge < -0.3 is 10.0 Å². The lowest BCUT2D eigenvalue weighted by Crippen LogP contribution is -2.31. The number of phenols is 1. The normalized spacial score (nSPS) is 14.7. The molecule has 1 aliphatic carbocycles. The smallest absolute Gasteiger partial charge is 0.227 e. The van der Waals surface area contributed by atoms with Crippen LogP contribution in [0.1, 0.15) is 31.7 Å². The molecule has 1 saturated carbocycles. The third-order valence-electron chi connectivity index (χ3n) is 3.26. The van der Waals surface area contributed by atoms with E-state index in [9.17, 15) is 9.90 Å². The predicted octanol–water partition coefficient (Wildman–Crippen LogP) is 2.85. The maximum atomic E-state index is 12.1. The summed E-state index contributed by atoms with van der Waals surface area (Å²) in [5, 5.41) is 9.52. The molecule has 0 spiro atoms. The number of nitrogens with zero attached hydrogens (tertiary/aromatic N) is 1. The highest BCUT2D eigenvalue weighted by Gasteiger charge is 2.27. The Morgan fingerprint density at radius 2 is 2.18 bits per heavy atom. The standard InChI is InChI=1S/C14H19NO2/c1-3-15(14(17)8-11-5-6-11)13-9-12(16)7-4-10(13)2/h4,7,9,11,16H,3,5-6,8H2,1-2H3. The van der Waals surface area contributed by atoms with E-state index < -0.39 is 0 Å². The molecule has 3 nitrogen and oxygen atoms in total. The summed E-state index contributed by atoms with van der Waals surface area (Å²) in [5.74, 6) is 0.973. The summed E-state index contributed by atoms with van der Waals surface area (Å²) in [6.45, 7) is 4.58. The molecule has 1 fully saturated rings. The highest BCUT2D eigenvalue weighted by Crippen LogP contribution is 2.34. The predicted molar refractivity (Wildman–Crippen MR) is 68.2 cm³/mol. The minimum atomic E-state index is 0.170. The minimum absolute atomic E-state index is 0.170. The van der Waals surface area contributed by atoms with E-state index in [2.05, 4.69) is 0 Å². The first-order chi connectivity index (χ1) is 8.11. The monoisotopic (exact) mass is 233 g/mol. The van der Waals surface area contributed by atoms with Crippen molar-refractivity contribution in [3.05, 3.63) is 23.8 Å². The van der Waals surface area contributed by atoms with Crippen molar-refractivity contribution in [1.29, 1.82) is 0 Å². The number of aromatic hydroxyl groups is 1. The van der Waals surface area contributed by atoms with Crippen LogP contribution >= 0.6 is 0 Å². The molecule has 1 aliphatic rings. The molecule has 1 aromatic rings. The minimum Gasteiger partial charge on any atom is -0.508 e. The summed E-state index contributed by atoms with van der Waals surface area (Å²) in [7, 11) is 0. The Morgan fingerprint density at radius 3 is 2.76 bits per heavy atom. The van der Waals surface area contributed by atoms with Crippen LogP contribution < -0.4 is 4.90 Å². The van der Waals surface area contributed by atoms with Crippen LogP contribution in [0, 0.1) is 12.8 Å². The number of hydrogen-bond donors (Lipinski definition) is 1. The molecule has 0 aliphatic heterocycles. The molecular weight excluding hydrogens is 214 g/mol. The van der Waals surface area contributed by atoms with Gasteiger partial charge in [0.15, 0.2) is 0 Å². The second kappa shape index (κ2) is 4.78. The molecule has 2 rings (SSSR count). The average molecular weight is 233 g/mol. The maximum Gasteiger partial charge on any atom is 0.227 e. The zero-order valence-corrected chi connectivity index (χ0v) is 10.4. The largest absolute Gasteiger partial charge is 0.508 e. The van der Waals surface area contributed by atoms with Crippen LogP contribution in [-0.4, -0.2) is 17.6 Å². The van der Waals surface area contributed by atoms with E-state index in [0.717, 1.165) is 11.3 Å². The molecular formula is C14H19NO2. The van der Waals surface area contributed by atoms with E-state index in [4.69, 9.17) is 0 Å². The van der Waals surface area contributed by atoms with E-state index in [1.807, 2.05) is 19.9 Å². The highest BCUT2D eigenvalue weighted by atomic mass is 16.3. The van der Waals surface area contributed by atoms with Gasteiger partial charge in [0, 0.05) is 19.0 Å². The number of aryl methyl sites for hydroxylation is 1. The Morgan fingerprint density at radius 1 is 1.47 bits per heavy atom. The Hall–Kier alpha value is -1.51. The van der Waals surface area contributed by atoms with Gasteiger partial charge in [-0.1, -0.05) is 6.07 Å². The number of hydrogen-bond acceptors (Lipinski definition) is 2. The summed E-state index contributed by atoms with van der Waals surface area (Å²) in [6, 6.07) is 5.17. The number of carbonyl (C=O) groups is 1. The molecule has 0 radical (unpaired) electrons. The van der Waals surface area contributed by atoms with Crippen molar-refractivity contribution in [2.45, 2.75) is 33.1 Å². The molecule has 0 bridgehead atoms. The molecule has 0 heterocycles. The summed E-state index contributed by atoms with van der Waals surface area (Å²) in [6.07, 6.45) is 3.01. The second-order valence-corrected chi connectivity index (χ2v) is 4.76. The van der Waals surface area contributed by atoms with Crippen molar-refractivity contribution >= 4 is 11.6 Å². The van der Waals surface area contributed by atoms with Crippen LogP contribution in [-0.2, 0) is 4.79 Å². The van der Waals surface area contributed by atoms with Crippen molar-refractivity contribution in [2.24, 2.45) is 5.92 Å². The maximum absolute atomic E-state index is 12.1. The van der Waals surface area contributed by atoms with Crippen molar-refractivity contribution in [1.82, 2.24) is 0 Å². The fourth-order valence-corrected chi connectivity index (χ4v) is 2.05. The number of carbonyl (C=O) groups excluding carboxylic acids is 1. The van der Waals surface area contributed by atoms with Gasteiger partial charge in [-0.25, -0.2) is 0 Å². The number of rotatable bonds is 4. The highest BCUT2D eigenvalue weighted by molar-refractivity contribution is 5.94. The molecule has 0 atom stereocenters. The van der Waals surface area contributed by atoms with Gasteiger partial charge in [-0.05, 0) is 44.2 Å². The first kappa shape index (κ1) is 12.0. The number of phenolic OH excluding ortho intramolecular Hbond substituents is 1. The van der Waals surface area contributed by atoms with Crippen LogP contribution in [0.25, 0.3) is 0 Å². The summed E-state index contributed by atoms with van der Waals surface area (Å²) in [5.41, 5.74) is 1.85. The molecule has 1 aromatic carbocycles. The third-order valence-corrected chi connectivity index (χ3v) is 3.26. The van der Waals surface area contributed by atoms with E-state index in [-0.39, 0.29) is 11.7 Å². The van der Waals surface area contributed by atoms with Crippen molar-refractivity contribution < 1.29 is 9.90 Å². The quantitative estimate of drug-likeness (QED) is 0.868. The van der Waals surface area contributed by atoms with Gasteiger partial charge in [-0.2, -0.15) is 0 Å².